The Balaban J connectivity index is 1.57. The summed E-state index contributed by atoms with van der Waals surface area (Å²) in [6.07, 6.45) is 4.20. The topological polar surface area (TPSA) is 84.4 Å². The van der Waals surface area contributed by atoms with Crippen LogP contribution in [0.5, 0.6) is 5.75 Å². The fraction of sp³-hybridized carbons (Fsp3) is 0.400. The number of carbonyl (C=O) groups excluding carboxylic acids is 2. The number of rotatable bonds is 5. The molecule has 0 aliphatic heterocycles. The van der Waals surface area contributed by atoms with Crippen LogP contribution in [0.1, 0.15) is 48.0 Å². The number of aromatic nitrogens is 2. The summed E-state index contributed by atoms with van der Waals surface area (Å²) >= 11 is 2.65. The maximum atomic E-state index is 12.9. The van der Waals surface area contributed by atoms with Gasteiger partial charge in [0.25, 0.3) is 5.91 Å². The van der Waals surface area contributed by atoms with Gasteiger partial charge in [0.05, 0.1) is 23.0 Å². The molecule has 1 aliphatic carbocycles. The Morgan fingerprint density at radius 1 is 1.21 bits per heavy atom. The zero-order valence-corrected chi connectivity index (χ0v) is 18.2. The SMILES string of the molecule is COc1ccc2nc(NC(=O)c3sc(N(C(C)=O)C4CCCC4)nc3C)sc2c1. The molecule has 0 saturated heterocycles. The van der Waals surface area contributed by atoms with E-state index < -0.39 is 0 Å². The Hall–Kier alpha value is -2.52. The van der Waals surface area contributed by atoms with Gasteiger partial charge in [0.15, 0.2) is 10.3 Å². The van der Waals surface area contributed by atoms with Crippen molar-refractivity contribution in [2.24, 2.45) is 0 Å². The maximum Gasteiger partial charge on any atom is 0.269 e. The molecule has 0 radical (unpaired) electrons. The molecule has 2 aromatic heterocycles. The average molecular weight is 431 g/mol. The zero-order valence-electron chi connectivity index (χ0n) is 16.5. The quantitative estimate of drug-likeness (QED) is 0.639. The third kappa shape index (κ3) is 3.97. The number of methoxy groups -OCH3 is 1. The van der Waals surface area contributed by atoms with Crippen LogP contribution in [0.15, 0.2) is 18.2 Å². The van der Waals surface area contributed by atoms with E-state index in [2.05, 4.69) is 15.3 Å². The molecule has 9 heteroatoms. The summed E-state index contributed by atoms with van der Waals surface area (Å²) in [6.45, 7) is 3.36. The van der Waals surface area contributed by atoms with Crippen molar-refractivity contribution in [2.75, 3.05) is 17.3 Å². The maximum absolute atomic E-state index is 12.9. The highest BCUT2D eigenvalue weighted by Gasteiger charge is 2.29. The van der Waals surface area contributed by atoms with E-state index in [-0.39, 0.29) is 17.9 Å². The van der Waals surface area contributed by atoms with E-state index in [1.807, 2.05) is 18.2 Å². The summed E-state index contributed by atoms with van der Waals surface area (Å²) in [6, 6.07) is 5.77. The summed E-state index contributed by atoms with van der Waals surface area (Å²) in [5, 5.41) is 3.99. The number of aryl methyl sites for hydroxylation is 1. The fourth-order valence-corrected chi connectivity index (χ4v) is 5.61. The third-order valence-corrected chi connectivity index (χ3v) is 7.13. The monoisotopic (exact) mass is 430 g/mol. The highest BCUT2D eigenvalue weighted by atomic mass is 32.1. The fourth-order valence-electron chi connectivity index (χ4n) is 3.65. The summed E-state index contributed by atoms with van der Waals surface area (Å²) < 4.78 is 6.17. The third-order valence-electron chi connectivity index (χ3n) is 5.04. The van der Waals surface area contributed by atoms with Crippen molar-refractivity contribution >= 4 is 55.0 Å². The number of hydrogen-bond donors (Lipinski definition) is 1. The van der Waals surface area contributed by atoms with E-state index in [0.29, 0.717) is 20.8 Å². The van der Waals surface area contributed by atoms with Gasteiger partial charge in [-0.2, -0.15) is 0 Å². The molecule has 2 heterocycles. The summed E-state index contributed by atoms with van der Waals surface area (Å²) in [4.78, 5) is 36.4. The first-order chi connectivity index (χ1) is 14.0. The Morgan fingerprint density at radius 2 is 1.97 bits per heavy atom. The van der Waals surface area contributed by atoms with Crippen LogP contribution in [0.2, 0.25) is 0 Å². The molecule has 152 valence electrons. The number of anilines is 2. The summed E-state index contributed by atoms with van der Waals surface area (Å²) in [5.74, 6) is 0.461. The molecule has 0 atom stereocenters. The lowest BCUT2D eigenvalue weighted by molar-refractivity contribution is -0.117. The van der Waals surface area contributed by atoms with Crippen LogP contribution in [0.25, 0.3) is 10.2 Å². The summed E-state index contributed by atoms with van der Waals surface area (Å²) in [7, 11) is 1.62. The number of nitrogens with one attached hydrogen (secondary N) is 1. The molecule has 7 nitrogen and oxygen atoms in total. The first-order valence-electron chi connectivity index (χ1n) is 9.49. The molecule has 0 unspecified atom stereocenters. The Labute approximate surface area is 176 Å². The van der Waals surface area contributed by atoms with Gasteiger partial charge in [-0.3, -0.25) is 19.8 Å². The molecule has 1 N–H and O–H groups in total. The van der Waals surface area contributed by atoms with Gasteiger partial charge in [-0.25, -0.2) is 9.97 Å². The molecule has 3 aromatic rings. The lowest BCUT2D eigenvalue weighted by atomic mass is 10.2. The standard InChI is InChI=1S/C20H22N4O3S2/c1-11-17(29-20(21-11)24(12(2)25)13-6-4-5-7-13)18(26)23-19-22-15-9-8-14(27-3)10-16(15)28-19/h8-10,13H,4-7H2,1-3H3,(H,22,23,26). The van der Waals surface area contributed by atoms with Crippen LogP contribution in [-0.2, 0) is 4.79 Å². The van der Waals surface area contributed by atoms with Crippen molar-refractivity contribution in [1.82, 2.24) is 9.97 Å². The molecule has 0 bridgehead atoms. The minimum atomic E-state index is -0.257. The number of carbonyl (C=O) groups is 2. The molecule has 1 fully saturated rings. The Bertz CT molecular complexity index is 1070. The second-order valence-electron chi connectivity index (χ2n) is 7.05. The molecule has 2 amide bonds. The van der Waals surface area contributed by atoms with E-state index in [1.165, 1.54) is 22.7 Å². The number of ether oxygens (including phenoxy) is 1. The van der Waals surface area contributed by atoms with Crippen LogP contribution >= 0.6 is 22.7 Å². The number of fused-ring (bicyclic) bond motifs is 1. The minimum Gasteiger partial charge on any atom is -0.497 e. The lowest BCUT2D eigenvalue weighted by Crippen LogP contribution is -2.37. The van der Waals surface area contributed by atoms with Gasteiger partial charge >= 0.3 is 0 Å². The van der Waals surface area contributed by atoms with Crippen molar-refractivity contribution in [3.8, 4) is 5.75 Å². The first-order valence-corrected chi connectivity index (χ1v) is 11.1. The van der Waals surface area contributed by atoms with E-state index in [9.17, 15) is 9.59 Å². The van der Waals surface area contributed by atoms with Crippen molar-refractivity contribution < 1.29 is 14.3 Å². The average Bonchev–Trinajstić information content (AvgIpc) is 3.41. The van der Waals surface area contributed by atoms with Crippen molar-refractivity contribution in [2.45, 2.75) is 45.6 Å². The molecular formula is C20H22N4O3S2. The molecule has 1 aromatic carbocycles. The first kappa shape index (κ1) is 19.8. The van der Waals surface area contributed by atoms with Gasteiger partial charge in [-0.15, -0.1) is 0 Å². The molecular weight excluding hydrogens is 408 g/mol. The number of benzene rings is 1. The lowest BCUT2D eigenvalue weighted by Gasteiger charge is -2.24. The molecule has 1 saturated carbocycles. The van der Waals surface area contributed by atoms with Gasteiger partial charge in [0, 0.05) is 13.0 Å². The Morgan fingerprint density at radius 3 is 2.66 bits per heavy atom. The molecule has 29 heavy (non-hydrogen) atoms. The molecule has 1 aliphatic rings. The van der Waals surface area contributed by atoms with Crippen molar-refractivity contribution in [3.63, 3.8) is 0 Å². The predicted octanol–water partition coefficient (Wildman–Crippen LogP) is 4.62. The minimum absolute atomic E-state index is 0.0299. The van der Waals surface area contributed by atoms with Crippen molar-refractivity contribution in [1.29, 1.82) is 0 Å². The van der Waals surface area contributed by atoms with Crippen molar-refractivity contribution in [3.05, 3.63) is 28.8 Å². The van der Waals surface area contributed by atoms with Gasteiger partial charge in [0.2, 0.25) is 5.91 Å². The van der Waals surface area contributed by atoms with Crippen LogP contribution < -0.4 is 15.0 Å². The number of amides is 2. The van der Waals surface area contributed by atoms with Crippen LogP contribution in [0.4, 0.5) is 10.3 Å². The molecule has 0 spiro atoms. The van der Waals surface area contributed by atoms with E-state index in [1.54, 1.807) is 25.9 Å². The smallest absolute Gasteiger partial charge is 0.269 e. The van der Waals surface area contributed by atoms with Gasteiger partial charge < -0.3 is 4.74 Å². The number of hydrogen-bond acceptors (Lipinski definition) is 7. The zero-order chi connectivity index (χ0) is 20.5. The van der Waals surface area contributed by atoms with Crippen LogP contribution in [0.3, 0.4) is 0 Å². The number of thiazole rings is 2. The van der Waals surface area contributed by atoms with Gasteiger partial charge in [-0.1, -0.05) is 35.5 Å². The van der Waals surface area contributed by atoms with Crippen LogP contribution in [-0.4, -0.2) is 34.9 Å². The Kier molecular flexibility index (Phi) is 5.51. The molecule has 4 rings (SSSR count). The number of nitrogens with zero attached hydrogens (tertiary/aromatic N) is 3. The van der Waals surface area contributed by atoms with Gasteiger partial charge in [0.1, 0.15) is 10.6 Å². The second kappa shape index (κ2) is 8.08. The highest BCUT2D eigenvalue weighted by Crippen LogP contribution is 2.34. The van der Waals surface area contributed by atoms with E-state index in [4.69, 9.17) is 4.74 Å². The highest BCUT2D eigenvalue weighted by molar-refractivity contribution is 7.22. The second-order valence-corrected chi connectivity index (χ2v) is 9.05. The van der Waals surface area contributed by atoms with Gasteiger partial charge in [-0.05, 0) is 38.0 Å². The summed E-state index contributed by atoms with van der Waals surface area (Å²) in [5.41, 5.74) is 1.42. The van der Waals surface area contributed by atoms with E-state index in [0.717, 1.165) is 41.6 Å². The normalized spacial score (nSPS) is 14.3. The van der Waals surface area contributed by atoms with Crippen LogP contribution in [0, 0.1) is 6.92 Å². The van der Waals surface area contributed by atoms with E-state index >= 15 is 0 Å². The predicted molar refractivity (Wildman–Crippen MR) is 116 cm³/mol. The largest absolute Gasteiger partial charge is 0.497 e.